The summed E-state index contributed by atoms with van der Waals surface area (Å²) in [6.07, 6.45) is 0.610. The summed E-state index contributed by atoms with van der Waals surface area (Å²) in [5.41, 5.74) is 3.08. The molecule has 1 amide bonds. The van der Waals surface area contributed by atoms with Gasteiger partial charge in [-0.2, -0.15) is 5.10 Å². The maximum absolute atomic E-state index is 12.0. The van der Waals surface area contributed by atoms with Crippen LogP contribution >= 0.6 is 0 Å². The summed E-state index contributed by atoms with van der Waals surface area (Å²) in [6, 6.07) is 0. The number of nitrogens with one attached hydrogen (secondary N) is 1. The summed E-state index contributed by atoms with van der Waals surface area (Å²) in [5, 5.41) is 15.8. The molecule has 2 atom stereocenters. The molecule has 1 heterocycles. The van der Waals surface area contributed by atoms with Crippen molar-refractivity contribution in [3.05, 3.63) is 17.0 Å². The van der Waals surface area contributed by atoms with E-state index in [0.717, 1.165) is 17.0 Å². The summed E-state index contributed by atoms with van der Waals surface area (Å²) in [5.74, 6) is -1.82. The van der Waals surface area contributed by atoms with Crippen LogP contribution in [0.25, 0.3) is 0 Å². The molecule has 6 heteroatoms. The number of carbonyl (C=O) groups excluding carboxylic acids is 1. The highest BCUT2D eigenvalue weighted by Gasteiger charge is 2.19. The van der Waals surface area contributed by atoms with E-state index in [1.165, 1.54) is 0 Å². The van der Waals surface area contributed by atoms with Gasteiger partial charge >= 0.3 is 5.97 Å². The summed E-state index contributed by atoms with van der Waals surface area (Å²) in [7, 11) is 1.88. The van der Waals surface area contributed by atoms with E-state index in [1.54, 1.807) is 6.92 Å². The number of carboxylic acid groups (broad SMARTS) is 1. The molecular weight excluding hydrogens is 258 g/mol. The Balaban J connectivity index is 2.60. The zero-order chi connectivity index (χ0) is 15.4. The molecular formula is C14H23N3O3. The second-order valence-corrected chi connectivity index (χ2v) is 5.36. The first-order chi connectivity index (χ1) is 9.23. The molecule has 1 aromatic heterocycles. The van der Waals surface area contributed by atoms with Gasteiger partial charge in [0, 0.05) is 25.2 Å². The molecule has 0 aliphatic heterocycles. The van der Waals surface area contributed by atoms with E-state index in [9.17, 15) is 9.59 Å². The number of rotatable bonds is 6. The van der Waals surface area contributed by atoms with Crippen LogP contribution in [-0.4, -0.2) is 33.3 Å². The van der Waals surface area contributed by atoms with Crippen LogP contribution in [0.5, 0.6) is 0 Å². The van der Waals surface area contributed by atoms with E-state index in [2.05, 4.69) is 10.4 Å². The molecule has 0 saturated carbocycles. The van der Waals surface area contributed by atoms with Crippen molar-refractivity contribution in [2.45, 2.75) is 34.1 Å². The van der Waals surface area contributed by atoms with Crippen LogP contribution in [0.3, 0.4) is 0 Å². The van der Waals surface area contributed by atoms with Crippen LogP contribution in [0.15, 0.2) is 0 Å². The van der Waals surface area contributed by atoms with Gasteiger partial charge in [0.1, 0.15) is 0 Å². The van der Waals surface area contributed by atoms with Crippen LogP contribution in [0, 0.1) is 25.7 Å². The number of aromatic nitrogens is 2. The van der Waals surface area contributed by atoms with Crippen LogP contribution < -0.4 is 5.32 Å². The molecule has 0 radical (unpaired) electrons. The first-order valence-corrected chi connectivity index (χ1v) is 6.73. The fourth-order valence-electron chi connectivity index (χ4n) is 2.03. The molecule has 0 aliphatic carbocycles. The van der Waals surface area contributed by atoms with Gasteiger partial charge in [-0.1, -0.05) is 13.8 Å². The minimum absolute atomic E-state index is 0.124. The van der Waals surface area contributed by atoms with Gasteiger partial charge in [0.05, 0.1) is 11.6 Å². The lowest BCUT2D eigenvalue weighted by atomic mass is 9.98. The van der Waals surface area contributed by atoms with Gasteiger partial charge in [-0.25, -0.2) is 0 Å². The lowest BCUT2D eigenvalue weighted by Gasteiger charge is -2.14. The smallest absolute Gasteiger partial charge is 0.308 e. The fourth-order valence-corrected chi connectivity index (χ4v) is 2.03. The van der Waals surface area contributed by atoms with E-state index in [4.69, 9.17) is 5.11 Å². The first-order valence-electron chi connectivity index (χ1n) is 6.73. The quantitative estimate of drug-likeness (QED) is 0.816. The number of amides is 1. The second kappa shape index (κ2) is 6.54. The number of hydrogen-bond donors (Lipinski definition) is 2. The van der Waals surface area contributed by atoms with Crippen molar-refractivity contribution in [3.63, 3.8) is 0 Å². The molecule has 0 aromatic carbocycles. The van der Waals surface area contributed by atoms with Crippen LogP contribution in [0.4, 0.5) is 0 Å². The van der Waals surface area contributed by atoms with Gasteiger partial charge in [0.2, 0.25) is 5.91 Å². The van der Waals surface area contributed by atoms with Crippen molar-refractivity contribution in [3.8, 4) is 0 Å². The highest BCUT2D eigenvalue weighted by Crippen LogP contribution is 2.17. The van der Waals surface area contributed by atoms with Gasteiger partial charge in [0.15, 0.2) is 0 Å². The molecule has 0 spiro atoms. The third kappa shape index (κ3) is 3.82. The van der Waals surface area contributed by atoms with Crippen molar-refractivity contribution in [1.29, 1.82) is 0 Å². The second-order valence-electron chi connectivity index (χ2n) is 5.36. The first kappa shape index (κ1) is 16.2. The van der Waals surface area contributed by atoms with Crippen LogP contribution in [0.2, 0.25) is 0 Å². The molecule has 2 unspecified atom stereocenters. The molecule has 20 heavy (non-hydrogen) atoms. The van der Waals surface area contributed by atoms with Crippen LogP contribution in [-0.2, 0) is 23.1 Å². The molecule has 6 nitrogen and oxygen atoms in total. The fraction of sp³-hybridized carbons (Fsp3) is 0.643. The zero-order valence-corrected chi connectivity index (χ0v) is 12.7. The molecule has 1 aromatic rings. The maximum atomic E-state index is 12.0. The Morgan fingerprint density at radius 1 is 1.30 bits per heavy atom. The Labute approximate surface area is 119 Å². The summed E-state index contributed by atoms with van der Waals surface area (Å²) in [4.78, 5) is 22.7. The Bertz CT molecular complexity index is 508. The lowest BCUT2D eigenvalue weighted by Crippen LogP contribution is -2.35. The largest absolute Gasteiger partial charge is 0.481 e. The van der Waals surface area contributed by atoms with Gasteiger partial charge in [-0.3, -0.25) is 14.3 Å². The zero-order valence-electron chi connectivity index (χ0n) is 12.7. The topological polar surface area (TPSA) is 84.2 Å². The standard InChI is InChI=1S/C14H23N3O3/c1-8(13(18)15-7-9(2)14(19)20)6-12-10(3)16-17(5)11(12)4/h8-9H,6-7H2,1-5H3,(H,15,18)(H,19,20). The number of carboxylic acids is 1. The number of hydrogen-bond acceptors (Lipinski definition) is 3. The summed E-state index contributed by atoms with van der Waals surface area (Å²) < 4.78 is 1.81. The van der Waals surface area contributed by atoms with Gasteiger partial charge in [-0.05, 0) is 25.8 Å². The van der Waals surface area contributed by atoms with Gasteiger partial charge in [0.25, 0.3) is 0 Å². The molecule has 1 rings (SSSR count). The maximum Gasteiger partial charge on any atom is 0.308 e. The molecule has 0 saturated heterocycles. The summed E-state index contributed by atoms with van der Waals surface area (Å²) in [6.45, 7) is 7.48. The Morgan fingerprint density at radius 2 is 1.90 bits per heavy atom. The third-order valence-electron chi connectivity index (χ3n) is 3.62. The number of nitrogens with zero attached hydrogens (tertiary/aromatic N) is 2. The van der Waals surface area contributed by atoms with E-state index < -0.39 is 11.9 Å². The normalized spacial score (nSPS) is 13.8. The van der Waals surface area contributed by atoms with E-state index in [0.29, 0.717) is 6.42 Å². The number of aryl methyl sites for hydroxylation is 2. The molecule has 0 bridgehead atoms. The van der Waals surface area contributed by atoms with E-state index in [-0.39, 0.29) is 18.4 Å². The van der Waals surface area contributed by atoms with Crippen molar-refractivity contribution in [1.82, 2.24) is 15.1 Å². The lowest BCUT2D eigenvalue weighted by molar-refractivity contribution is -0.141. The Morgan fingerprint density at radius 3 is 2.35 bits per heavy atom. The van der Waals surface area contributed by atoms with Crippen molar-refractivity contribution < 1.29 is 14.7 Å². The number of aliphatic carboxylic acids is 1. The summed E-state index contributed by atoms with van der Waals surface area (Å²) >= 11 is 0. The van der Waals surface area contributed by atoms with Gasteiger partial charge < -0.3 is 10.4 Å². The minimum Gasteiger partial charge on any atom is -0.481 e. The van der Waals surface area contributed by atoms with E-state index >= 15 is 0 Å². The van der Waals surface area contributed by atoms with Crippen molar-refractivity contribution >= 4 is 11.9 Å². The van der Waals surface area contributed by atoms with Crippen molar-refractivity contribution in [2.24, 2.45) is 18.9 Å². The van der Waals surface area contributed by atoms with Crippen LogP contribution in [0.1, 0.15) is 30.8 Å². The predicted molar refractivity (Wildman–Crippen MR) is 75.4 cm³/mol. The van der Waals surface area contributed by atoms with E-state index in [1.807, 2.05) is 32.5 Å². The Hall–Kier alpha value is -1.85. The highest BCUT2D eigenvalue weighted by atomic mass is 16.4. The molecule has 112 valence electrons. The molecule has 0 fully saturated rings. The SMILES string of the molecule is Cc1nn(C)c(C)c1CC(C)C(=O)NCC(C)C(=O)O. The monoisotopic (exact) mass is 281 g/mol. The van der Waals surface area contributed by atoms with Gasteiger partial charge in [-0.15, -0.1) is 0 Å². The van der Waals surface area contributed by atoms with Crippen molar-refractivity contribution in [2.75, 3.05) is 6.54 Å². The predicted octanol–water partition coefficient (Wildman–Crippen LogP) is 1.05. The average Bonchev–Trinajstić information content (AvgIpc) is 2.61. The molecule has 0 aliphatic rings. The highest BCUT2D eigenvalue weighted by molar-refractivity contribution is 5.79. The minimum atomic E-state index is -0.906. The number of carbonyl (C=O) groups is 2. The molecule has 2 N–H and O–H groups in total. The Kier molecular flexibility index (Phi) is 5.30. The third-order valence-corrected chi connectivity index (χ3v) is 3.62. The average molecular weight is 281 g/mol.